The molecule has 0 aliphatic carbocycles. The molecule has 7 heteroatoms. The molecule has 0 bridgehead atoms. The Labute approximate surface area is 118 Å². The summed E-state index contributed by atoms with van der Waals surface area (Å²) < 4.78 is 3.73. The van der Waals surface area contributed by atoms with E-state index in [2.05, 4.69) is 14.9 Å². The van der Waals surface area contributed by atoms with Crippen LogP contribution in [0.15, 0.2) is 6.20 Å². The molecule has 1 saturated heterocycles. The highest BCUT2D eigenvalue weighted by molar-refractivity contribution is 7.07. The molecular formula is C11H19ClN4OS. The SMILES string of the molecule is CNCCC1CCN(C(=O)c2cnns2)CC1.Cl. The van der Waals surface area contributed by atoms with E-state index in [0.29, 0.717) is 4.88 Å². The number of nitrogens with one attached hydrogen (secondary N) is 1. The lowest BCUT2D eigenvalue weighted by atomic mass is 9.93. The predicted octanol–water partition coefficient (Wildman–Crippen LogP) is 1.42. The van der Waals surface area contributed by atoms with Gasteiger partial charge in [-0.3, -0.25) is 4.79 Å². The van der Waals surface area contributed by atoms with Crippen LogP contribution in [0.4, 0.5) is 0 Å². The molecule has 2 heterocycles. The van der Waals surface area contributed by atoms with Crippen LogP contribution in [-0.2, 0) is 0 Å². The maximum absolute atomic E-state index is 12.0. The molecule has 0 unspecified atom stereocenters. The molecule has 1 aromatic rings. The van der Waals surface area contributed by atoms with Crippen LogP contribution < -0.4 is 5.32 Å². The molecule has 0 atom stereocenters. The summed E-state index contributed by atoms with van der Waals surface area (Å²) in [6, 6.07) is 0. The summed E-state index contributed by atoms with van der Waals surface area (Å²) in [6.07, 6.45) is 4.99. The third kappa shape index (κ3) is 3.90. The average molecular weight is 291 g/mol. The Balaban J connectivity index is 0.00000162. The fourth-order valence-corrected chi connectivity index (χ4v) is 2.67. The van der Waals surface area contributed by atoms with Crippen molar-refractivity contribution in [2.45, 2.75) is 19.3 Å². The van der Waals surface area contributed by atoms with Crippen LogP contribution in [0.5, 0.6) is 0 Å². The number of hydrogen-bond acceptors (Lipinski definition) is 5. The third-order valence-electron chi connectivity index (χ3n) is 3.28. The van der Waals surface area contributed by atoms with Crippen molar-refractivity contribution in [2.24, 2.45) is 5.92 Å². The van der Waals surface area contributed by atoms with Crippen LogP contribution in [0.25, 0.3) is 0 Å². The minimum atomic E-state index is 0. The van der Waals surface area contributed by atoms with Crippen LogP contribution in [0, 0.1) is 5.92 Å². The van der Waals surface area contributed by atoms with Crippen molar-refractivity contribution in [3.05, 3.63) is 11.1 Å². The first-order valence-electron chi connectivity index (χ1n) is 6.02. The van der Waals surface area contributed by atoms with Crippen molar-refractivity contribution in [3.63, 3.8) is 0 Å². The quantitative estimate of drug-likeness (QED) is 0.911. The van der Waals surface area contributed by atoms with E-state index in [4.69, 9.17) is 0 Å². The third-order valence-corrected chi connectivity index (χ3v) is 3.93. The summed E-state index contributed by atoms with van der Waals surface area (Å²) in [4.78, 5) is 14.6. The first kappa shape index (κ1) is 15.3. The Bertz CT molecular complexity index is 352. The highest BCUT2D eigenvalue weighted by Gasteiger charge is 2.24. The Hall–Kier alpha value is -0.720. The summed E-state index contributed by atoms with van der Waals surface area (Å²) in [6.45, 7) is 2.80. The molecule has 5 nitrogen and oxygen atoms in total. The molecule has 18 heavy (non-hydrogen) atoms. The van der Waals surface area contributed by atoms with Crippen LogP contribution in [0.1, 0.15) is 28.9 Å². The van der Waals surface area contributed by atoms with Crippen molar-refractivity contribution in [3.8, 4) is 0 Å². The molecule has 2 rings (SSSR count). The Morgan fingerprint density at radius 2 is 2.28 bits per heavy atom. The fraction of sp³-hybridized carbons (Fsp3) is 0.727. The molecule has 1 amide bonds. The molecule has 0 radical (unpaired) electrons. The van der Waals surface area contributed by atoms with Crippen LogP contribution in [0.3, 0.4) is 0 Å². The lowest BCUT2D eigenvalue weighted by Gasteiger charge is -2.31. The van der Waals surface area contributed by atoms with E-state index in [1.165, 1.54) is 18.0 Å². The molecule has 0 aromatic carbocycles. The minimum Gasteiger partial charge on any atom is -0.338 e. The van der Waals surface area contributed by atoms with Gasteiger partial charge in [-0.15, -0.1) is 17.5 Å². The zero-order valence-electron chi connectivity index (χ0n) is 10.5. The summed E-state index contributed by atoms with van der Waals surface area (Å²) in [7, 11) is 1.98. The number of hydrogen-bond donors (Lipinski definition) is 1. The summed E-state index contributed by atoms with van der Waals surface area (Å²) in [5.74, 6) is 0.846. The van der Waals surface area contributed by atoms with Crippen molar-refractivity contribution < 1.29 is 4.79 Å². The van der Waals surface area contributed by atoms with Crippen molar-refractivity contribution >= 4 is 29.8 Å². The monoisotopic (exact) mass is 290 g/mol. The van der Waals surface area contributed by atoms with E-state index >= 15 is 0 Å². The summed E-state index contributed by atoms with van der Waals surface area (Å²) >= 11 is 1.18. The van der Waals surface area contributed by atoms with Gasteiger partial charge in [0, 0.05) is 13.1 Å². The van der Waals surface area contributed by atoms with Gasteiger partial charge in [0.25, 0.3) is 5.91 Å². The van der Waals surface area contributed by atoms with Gasteiger partial charge in [0.05, 0.1) is 6.20 Å². The average Bonchev–Trinajstić information content (AvgIpc) is 2.90. The zero-order valence-corrected chi connectivity index (χ0v) is 12.1. The van der Waals surface area contributed by atoms with Gasteiger partial charge in [-0.1, -0.05) is 4.49 Å². The van der Waals surface area contributed by atoms with Crippen molar-refractivity contribution in [1.82, 2.24) is 19.8 Å². The Morgan fingerprint density at radius 3 is 2.83 bits per heavy atom. The van der Waals surface area contributed by atoms with Gasteiger partial charge in [-0.2, -0.15) is 0 Å². The number of rotatable bonds is 4. The van der Waals surface area contributed by atoms with Crippen molar-refractivity contribution in [1.29, 1.82) is 0 Å². The van der Waals surface area contributed by atoms with Gasteiger partial charge in [-0.25, -0.2) is 0 Å². The lowest BCUT2D eigenvalue weighted by Crippen LogP contribution is -2.38. The highest BCUT2D eigenvalue weighted by atomic mass is 35.5. The van der Waals surface area contributed by atoms with E-state index in [1.54, 1.807) is 6.20 Å². The number of halogens is 1. The molecule has 0 saturated carbocycles. The second-order valence-electron chi connectivity index (χ2n) is 4.41. The Kier molecular flexibility index (Phi) is 6.52. The number of piperidine rings is 1. The zero-order chi connectivity index (χ0) is 12.1. The largest absolute Gasteiger partial charge is 0.338 e. The molecule has 1 aromatic heterocycles. The molecular weight excluding hydrogens is 272 g/mol. The number of amides is 1. The summed E-state index contributed by atoms with van der Waals surface area (Å²) in [5.41, 5.74) is 0. The van der Waals surface area contributed by atoms with Gasteiger partial charge in [0.2, 0.25) is 0 Å². The normalized spacial score (nSPS) is 16.4. The maximum atomic E-state index is 12.0. The highest BCUT2D eigenvalue weighted by Crippen LogP contribution is 2.21. The number of nitrogens with zero attached hydrogens (tertiary/aromatic N) is 3. The molecule has 0 spiro atoms. The van der Waals surface area contributed by atoms with Gasteiger partial charge in [-0.05, 0) is 50.3 Å². The first-order chi connectivity index (χ1) is 8.31. The number of likely N-dealkylation sites (tertiary alicyclic amines) is 1. The van der Waals surface area contributed by atoms with E-state index in [1.807, 2.05) is 11.9 Å². The van der Waals surface area contributed by atoms with Gasteiger partial charge >= 0.3 is 0 Å². The summed E-state index contributed by atoms with van der Waals surface area (Å²) in [5, 5.41) is 6.88. The van der Waals surface area contributed by atoms with Crippen LogP contribution in [0.2, 0.25) is 0 Å². The number of carbonyl (C=O) groups excluding carboxylic acids is 1. The predicted molar refractivity (Wildman–Crippen MR) is 74.3 cm³/mol. The van der Waals surface area contributed by atoms with Gasteiger partial charge < -0.3 is 10.2 Å². The standard InChI is InChI=1S/C11H18N4OS.ClH/c1-12-5-2-9-3-6-15(7-4-9)11(16)10-8-13-14-17-10;/h8-9,12H,2-7H2,1H3;1H. The maximum Gasteiger partial charge on any atom is 0.267 e. The topological polar surface area (TPSA) is 58.1 Å². The van der Waals surface area contributed by atoms with E-state index in [0.717, 1.165) is 38.4 Å². The fourth-order valence-electron chi connectivity index (χ4n) is 2.19. The molecule has 1 fully saturated rings. The molecule has 1 aliphatic heterocycles. The minimum absolute atomic E-state index is 0. The molecule has 102 valence electrons. The Morgan fingerprint density at radius 1 is 1.56 bits per heavy atom. The van der Waals surface area contributed by atoms with Crippen LogP contribution >= 0.6 is 23.9 Å². The van der Waals surface area contributed by atoms with E-state index in [-0.39, 0.29) is 18.3 Å². The lowest BCUT2D eigenvalue weighted by molar-refractivity contribution is 0.0692. The van der Waals surface area contributed by atoms with Crippen LogP contribution in [-0.4, -0.2) is 47.1 Å². The first-order valence-corrected chi connectivity index (χ1v) is 6.80. The van der Waals surface area contributed by atoms with Crippen molar-refractivity contribution in [2.75, 3.05) is 26.7 Å². The van der Waals surface area contributed by atoms with Gasteiger partial charge in [0.1, 0.15) is 4.88 Å². The van der Waals surface area contributed by atoms with E-state index < -0.39 is 0 Å². The van der Waals surface area contributed by atoms with Gasteiger partial charge in [0.15, 0.2) is 0 Å². The molecule has 1 aliphatic rings. The second kappa shape index (κ2) is 7.66. The second-order valence-corrected chi connectivity index (χ2v) is 5.20. The number of carbonyl (C=O) groups is 1. The van der Waals surface area contributed by atoms with E-state index in [9.17, 15) is 4.79 Å². The number of aromatic nitrogens is 2. The molecule has 1 N–H and O–H groups in total. The smallest absolute Gasteiger partial charge is 0.267 e.